The number of hydrogen-bond donors (Lipinski definition) is 2. The van der Waals surface area contributed by atoms with Gasteiger partial charge in [0.2, 0.25) is 11.8 Å². The molecule has 2 atom stereocenters. The monoisotopic (exact) mass is 442 g/mol. The van der Waals surface area contributed by atoms with Crippen molar-refractivity contribution in [1.29, 1.82) is 0 Å². The first-order valence-corrected chi connectivity index (χ1v) is 10.8. The van der Waals surface area contributed by atoms with Crippen LogP contribution in [-0.2, 0) is 14.3 Å². The zero-order valence-electron chi connectivity index (χ0n) is 19.5. The van der Waals surface area contributed by atoms with Gasteiger partial charge in [-0.25, -0.2) is 0 Å². The van der Waals surface area contributed by atoms with E-state index in [-0.39, 0.29) is 23.8 Å². The van der Waals surface area contributed by atoms with Crippen LogP contribution in [0, 0.1) is 5.92 Å². The number of methoxy groups -OCH3 is 2. The lowest BCUT2D eigenvalue weighted by atomic mass is 10.0. The van der Waals surface area contributed by atoms with Crippen molar-refractivity contribution >= 4 is 11.8 Å². The molecule has 2 N–H and O–H groups in total. The van der Waals surface area contributed by atoms with Crippen molar-refractivity contribution in [3.8, 4) is 11.5 Å². The Balaban J connectivity index is 2.15. The zero-order valence-corrected chi connectivity index (χ0v) is 19.5. The number of benzene rings is 2. The SMILES string of the molecule is COCCOc1ccc(C(C)NC(=O)C(NC(=O)CC(C)C)c2ccccc2)cc1OC. The second-order valence-corrected chi connectivity index (χ2v) is 7.99. The molecule has 0 saturated heterocycles. The number of rotatable bonds is 12. The first kappa shape index (κ1) is 25.2. The Hall–Kier alpha value is -3.06. The molecule has 0 radical (unpaired) electrons. The van der Waals surface area contributed by atoms with Crippen molar-refractivity contribution in [2.24, 2.45) is 5.92 Å². The van der Waals surface area contributed by atoms with Gasteiger partial charge in [0.1, 0.15) is 12.6 Å². The molecule has 0 saturated carbocycles. The molecule has 0 fully saturated rings. The number of nitrogens with one attached hydrogen (secondary N) is 2. The standard InChI is InChI=1S/C25H34N2O5/c1-17(2)15-23(28)27-24(19-9-7-6-8-10-19)25(29)26-18(3)20-11-12-21(22(16-20)31-5)32-14-13-30-4/h6-12,16-18,24H,13-15H2,1-5H3,(H,26,29)(H,27,28). The molecule has 7 heteroatoms. The molecule has 0 aliphatic carbocycles. The lowest BCUT2D eigenvalue weighted by molar-refractivity contribution is -0.130. The van der Waals surface area contributed by atoms with Crippen LogP contribution in [0.4, 0.5) is 0 Å². The normalized spacial score (nSPS) is 12.7. The second-order valence-electron chi connectivity index (χ2n) is 7.99. The Kier molecular flexibility index (Phi) is 10.0. The molecule has 2 rings (SSSR count). The van der Waals surface area contributed by atoms with Crippen LogP contribution < -0.4 is 20.1 Å². The van der Waals surface area contributed by atoms with Gasteiger partial charge in [0.25, 0.3) is 0 Å². The molecule has 0 aromatic heterocycles. The van der Waals surface area contributed by atoms with E-state index in [0.29, 0.717) is 31.1 Å². The van der Waals surface area contributed by atoms with Crippen LogP contribution in [0.3, 0.4) is 0 Å². The number of amides is 2. The Labute approximate surface area is 190 Å². The summed E-state index contributed by atoms with van der Waals surface area (Å²) in [6, 6.07) is 13.7. The summed E-state index contributed by atoms with van der Waals surface area (Å²) in [6.45, 7) is 6.70. The number of carbonyl (C=O) groups excluding carboxylic acids is 2. The minimum atomic E-state index is -0.775. The molecule has 0 aliphatic heterocycles. The van der Waals surface area contributed by atoms with Crippen LogP contribution in [0.5, 0.6) is 11.5 Å². The molecule has 174 valence electrons. The van der Waals surface area contributed by atoms with Gasteiger partial charge in [0.15, 0.2) is 11.5 Å². The third-order valence-corrected chi connectivity index (χ3v) is 4.89. The Morgan fingerprint density at radius 2 is 1.59 bits per heavy atom. The number of ether oxygens (including phenoxy) is 3. The van der Waals surface area contributed by atoms with E-state index in [4.69, 9.17) is 14.2 Å². The van der Waals surface area contributed by atoms with Crippen LogP contribution in [0.2, 0.25) is 0 Å². The van der Waals surface area contributed by atoms with E-state index in [2.05, 4.69) is 10.6 Å². The molecule has 0 spiro atoms. The van der Waals surface area contributed by atoms with Gasteiger partial charge < -0.3 is 24.8 Å². The van der Waals surface area contributed by atoms with Gasteiger partial charge >= 0.3 is 0 Å². The quantitative estimate of drug-likeness (QED) is 0.489. The Bertz CT molecular complexity index is 870. The van der Waals surface area contributed by atoms with E-state index >= 15 is 0 Å². The van der Waals surface area contributed by atoms with Crippen molar-refractivity contribution < 1.29 is 23.8 Å². The third kappa shape index (κ3) is 7.57. The van der Waals surface area contributed by atoms with E-state index < -0.39 is 6.04 Å². The maximum absolute atomic E-state index is 13.1. The van der Waals surface area contributed by atoms with E-state index in [1.807, 2.05) is 69.3 Å². The van der Waals surface area contributed by atoms with Gasteiger partial charge in [-0.15, -0.1) is 0 Å². The van der Waals surface area contributed by atoms with Gasteiger partial charge in [-0.1, -0.05) is 50.2 Å². The fraction of sp³-hybridized carbons (Fsp3) is 0.440. The molecule has 0 bridgehead atoms. The molecule has 0 heterocycles. The van der Waals surface area contributed by atoms with Crippen molar-refractivity contribution in [2.45, 2.75) is 39.3 Å². The van der Waals surface area contributed by atoms with Crippen molar-refractivity contribution in [1.82, 2.24) is 10.6 Å². The van der Waals surface area contributed by atoms with Crippen LogP contribution in [0.1, 0.15) is 50.4 Å². The molecule has 2 aromatic rings. The molecule has 2 amide bonds. The minimum absolute atomic E-state index is 0.157. The third-order valence-electron chi connectivity index (χ3n) is 4.89. The highest BCUT2D eigenvalue weighted by Crippen LogP contribution is 2.30. The summed E-state index contributed by atoms with van der Waals surface area (Å²) < 4.78 is 16.1. The summed E-state index contributed by atoms with van der Waals surface area (Å²) in [6.07, 6.45) is 0.355. The smallest absolute Gasteiger partial charge is 0.247 e. The predicted octanol–water partition coefficient (Wildman–Crippen LogP) is 3.80. The van der Waals surface area contributed by atoms with Crippen LogP contribution >= 0.6 is 0 Å². The molecule has 2 aromatic carbocycles. The first-order chi connectivity index (χ1) is 15.3. The van der Waals surface area contributed by atoms with E-state index in [9.17, 15) is 9.59 Å². The minimum Gasteiger partial charge on any atom is -0.493 e. The van der Waals surface area contributed by atoms with E-state index in [0.717, 1.165) is 11.1 Å². The summed E-state index contributed by atoms with van der Waals surface area (Å²) in [5, 5.41) is 5.88. The summed E-state index contributed by atoms with van der Waals surface area (Å²) in [4.78, 5) is 25.5. The summed E-state index contributed by atoms with van der Waals surface area (Å²) in [5.41, 5.74) is 1.59. The summed E-state index contributed by atoms with van der Waals surface area (Å²) in [5.74, 6) is 0.945. The van der Waals surface area contributed by atoms with Gasteiger partial charge in [-0.3, -0.25) is 9.59 Å². The van der Waals surface area contributed by atoms with Gasteiger partial charge in [-0.05, 0) is 36.1 Å². The molecular weight excluding hydrogens is 408 g/mol. The number of hydrogen-bond acceptors (Lipinski definition) is 5. The first-order valence-electron chi connectivity index (χ1n) is 10.8. The predicted molar refractivity (Wildman–Crippen MR) is 124 cm³/mol. The van der Waals surface area contributed by atoms with Crippen molar-refractivity contribution in [3.05, 3.63) is 59.7 Å². The average Bonchev–Trinajstić information content (AvgIpc) is 2.77. The van der Waals surface area contributed by atoms with E-state index in [1.54, 1.807) is 14.2 Å². The summed E-state index contributed by atoms with van der Waals surface area (Å²) in [7, 11) is 3.18. The lowest BCUT2D eigenvalue weighted by Crippen LogP contribution is -2.41. The molecular formula is C25H34N2O5. The fourth-order valence-electron chi connectivity index (χ4n) is 3.22. The molecule has 2 unspecified atom stereocenters. The Morgan fingerprint density at radius 3 is 2.22 bits per heavy atom. The fourth-order valence-corrected chi connectivity index (χ4v) is 3.22. The lowest BCUT2D eigenvalue weighted by Gasteiger charge is -2.23. The van der Waals surface area contributed by atoms with Crippen molar-refractivity contribution in [2.75, 3.05) is 27.4 Å². The molecule has 0 aliphatic rings. The van der Waals surface area contributed by atoms with E-state index in [1.165, 1.54) is 0 Å². The zero-order chi connectivity index (χ0) is 23.5. The molecule has 32 heavy (non-hydrogen) atoms. The maximum atomic E-state index is 13.1. The van der Waals surface area contributed by atoms with Crippen LogP contribution in [0.25, 0.3) is 0 Å². The number of carbonyl (C=O) groups is 2. The van der Waals surface area contributed by atoms with Crippen molar-refractivity contribution in [3.63, 3.8) is 0 Å². The second kappa shape index (κ2) is 12.7. The highest BCUT2D eigenvalue weighted by atomic mass is 16.5. The Morgan fingerprint density at radius 1 is 0.875 bits per heavy atom. The molecule has 7 nitrogen and oxygen atoms in total. The van der Waals surface area contributed by atoms with Gasteiger partial charge in [0.05, 0.1) is 19.8 Å². The topological polar surface area (TPSA) is 85.9 Å². The van der Waals surface area contributed by atoms with Gasteiger partial charge in [0, 0.05) is 13.5 Å². The summed E-state index contributed by atoms with van der Waals surface area (Å²) >= 11 is 0. The van der Waals surface area contributed by atoms with Crippen LogP contribution in [-0.4, -0.2) is 39.2 Å². The van der Waals surface area contributed by atoms with Crippen LogP contribution in [0.15, 0.2) is 48.5 Å². The largest absolute Gasteiger partial charge is 0.493 e. The highest BCUT2D eigenvalue weighted by Gasteiger charge is 2.25. The maximum Gasteiger partial charge on any atom is 0.247 e. The highest BCUT2D eigenvalue weighted by molar-refractivity contribution is 5.89. The van der Waals surface area contributed by atoms with Gasteiger partial charge in [-0.2, -0.15) is 0 Å². The average molecular weight is 443 g/mol.